The number of hydrogen-bond acceptors (Lipinski definition) is 8. The summed E-state index contributed by atoms with van der Waals surface area (Å²) < 4.78 is 41.5. The molecule has 10 heteroatoms. The van der Waals surface area contributed by atoms with Gasteiger partial charge < -0.3 is 24.1 Å². The van der Waals surface area contributed by atoms with Crippen molar-refractivity contribution in [2.75, 3.05) is 20.8 Å². The molecule has 0 aliphatic heterocycles. The summed E-state index contributed by atoms with van der Waals surface area (Å²) in [7, 11) is -1.40. The van der Waals surface area contributed by atoms with Crippen molar-refractivity contribution in [2.45, 2.75) is 24.3 Å². The van der Waals surface area contributed by atoms with Gasteiger partial charge in [0.25, 0.3) is 0 Å². The maximum atomic E-state index is 12.8. The minimum Gasteiger partial charge on any atom is -0.496 e. The number of allylic oxidation sites excluding steroid dienone is 1. The summed E-state index contributed by atoms with van der Waals surface area (Å²) in [5.41, 5.74) is 1.77. The molecule has 1 amide bonds. The SMILES string of the molecule is C=CC(=O)c1ccc(CCNC(=O)Cc2ccc(OC)c(OS(=O)(=O)c3ccccc3)c2CO)cc1OC. The Bertz CT molecular complexity index is 1420. The Morgan fingerprint density at radius 3 is 2.34 bits per heavy atom. The van der Waals surface area contributed by atoms with Gasteiger partial charge in [-0.1, -0.05) is 36.9 Å². The fourth-order valence-corrected chi connectivity index (χ4v) is 4.76. The zero-order valence-corrected chi connectivity index (χ0v) is 21.9. The minimum absolute atomic E-state index is 0.0624. The lowest BCUT2D eigenvalue weighted by Gasteiger charge is -2.17. The molecule has 0 aliphatic carbocycles. The average Bonchev–Trinajstić information content (AvgIpc) is 2.93. The second-order valence-corrected chi connectivity index (χ2v) is 9.67. The topological polar surface area (TPSA) is 128 Å². The van der Waals surface area contributed by atoms with Gasteiger partial charge in [-0.05, 0) is 54.0 Å². The lowest BCUT2D eigenvalue weighted by Crippen LogP contribution is -2.27. The van der Waals surface area contributed by atoms with Gasteiger partial charge in [0, 0.05) is 12.1 Å². The third-order valence-corrected chi connectivity index (χ3v) is 6.96. The molecule has 0 saturated heterocycles. The van der Waals surface area contributed by atoms with Crippen LogP contribution in [0.3, 0.4) is 0 Å². The standard InChI is InChI=1S/C28H29NO8S/c1-4-24(31)22-12-10-19(16-26(22)36-3)14-15-29-27(32)17-20-11-13-25(35-2)28(23(20)18-30)37-38(33,34)21-8-6-5-7-9-21/h4-13,16,30H,1,14-15,17-18H2,2-3H3,(H,29,32). The fraction of sp³-hybridized carbons (Fsp3) is 0.214. The highest BCUT2D eigenvalue weighted by atomic mass is 32.2. The van der Waals surface area contributed by atoms with E-state index in [2.05, 4.69) is 11.9 Å². The number of ether oxygens (including phenoxy) is 2. The van der Waals surface area contributed by atoms with E-state index in [0.717, 1.165) is 5.56 Å². The molecule has 3 aromatic carbocycles. The number of hydrogen-bond donors (Lipinski definition) is 2. The number of nitrogens with one attached hydrogen (secondary N) is 1. The Morgan fingerprint density at radius 2 is 1.71 bits per heavy atom. The zero-order valence-electron chi connectivity index (χ0n) is 21.1. The van der Waals surface area contributed by atoms with Gasteiger partial charge in [-0.25, -0.2) is 0 Å². The molecule has 9 nitrogen and oxygen atoms in total. The highest BCUT2D eigenvalue weighted by Crippen LogP contribution is 2.36. The van der Waals surface area contributed by atoms with Crippen molar-refractivity contribution in [3.63, 3.8) is 0 Å². The predicted molar refractivity (Wildman–Crippen MR) is 141 cm³/mol. The quantitative estimate of drug-likeness (QED) is 0.193. The Morgan fingerprint density at radius 1 is 1.00 bits per heavy atom. The maximum absolute atomic E-state index is 12.8. The number of carbonyl (C=O) groups is 2. The first-order chi connectivity index (χ1) is 18.2. The first-order valence-corrected chi connectivity index (χ1v) is 13.0. The molecule has 200 valence electrons. The minimum atomic E-state index is -4.21. The second-order valence-electron chi connectivity index (χ2n) is 8.12. The summed E-state index contributed by atoms with van der Waals surface area (Å²) >= 11 is 0. The lowest BCUT2D eigenvalue weighted by atomic mass is 10.0. The van der Waals surface area contributed by atoms with Crippen LogP contribution in [0.25, 0.3) is 0 Å². The number of carbonyl (C=O) groups excluding carboxylic acids is 2. The molecule has 3 aromatic rings. The summed E-state index contributed by atoms with van der Waals surface area (Å²) in [5.74, 6) is -0.245. The largest absolute Gasteiger partial charge is 0.496 e. The van der Waals surface area contributed by atoms with Crippen LogP contribution in [0.15, 0.2) is 78.2 Å². The van der Waals surface area contributed by atoms with Crippen LogP contribution in [-0.4, -0.2) is 46.0 Å². The van der Waals surface area contributed by atoms with Gasteiger partial charge in [0.2, 0.25) is 5.91 Å². The van der Waals surface area contributed by atoms with Crippen LogP contribution in [-0.2, 0) is 34.4 Å². The monoisotopic (exact) mass is 539 g/mol. The van der Waals surface area contributed by atoms with Gasteiger partial charge in [-0.3, -0.25) is 9.59 Å². The van der Waals surface area contributed by atoms with Gasteiger partial charge in [0.05, 0.1) is 32.8 Å². The number of benzene rings is 3. The first kappa shape index (κ1) is 28.4. The molecule has 3 rings (SSSR count). The molecule has 0 radical (unpaired) electrons. The van der Waals surface area contributed by atoms with Crippen LogP contribution < -0.4 is 19.0 Å². The molecule has 38 heavy (non-hydrogen) atoms. The smallest absolute Gasteiger partial charge is 0.339 e. The van der Waals surface area contributed by atoms with Crippen LogP contribution >= 0.6 is 0 Å². The van der Waals surface area contributed by atoms with E-state index < -0.39 is 16.7 Å². The molecule has 0 spiro atoms. The number of aliphatic hydroxyl groups excluding tert-OH is 1. The molecule has 0 atom stereocenters. The number of aliphatic hydroxyl groups is 1. The molecular weight excluding hydrogens is 510 g/mol. The van der Waals surface area contributed by atoms with E-state index in [4.69, 9.17) is 13.7 Å². The van der Waals surface area contributed by atoms with E-state index in [0.29, 0.717) is 29.8 Å². The van der Waals surface area contributed by atoms with E-state index in [1.54, 1.807) is 42.5 Å². The molecule has 0 aromatic heterocycles. The third kappa shape index (κ3) is 6.78. The van der Waals surface area contributed by atoms with E-state index in [1.165, 1.54) is 38.5 Å². The van der Waals surface area contributed by atoms with Crippen molar-refractivity contribution >= 4 is 21.8 Å². The van der Waals surface area contributed by atoms with Crippen molar-refractivity contribution in [3.05, 3.63) is 95.6 Å². The van der Waals surface area contributed by atoms with Crippen molar-refractivity contribution in [2.24, 2.45) is 0 Å². The molecule has 0 fully saturated rings. The number of rotatable bonds is 13. The van der Waals surface area contributed by atoms with Crippen LogP contribution in [0.1, 0.15) is 27.0 Å². The van der Waals surface area contributed by atoms with Crippen LogP contribution in [0.2, 0.25) is 0 Å². The molecule has 0 heterocycles. The van der Waals surface area contributed by atoms with Crippen LogP contribution in [0.5, 0.6) is 17.2 Å². The van der Waals surface area contributed by atoms with Crippen LogP contribution in [0.4, 0.5) is 0 Å². The summed E-state index contributed by atoms with van der Waals surface area (Å²) in [6.07, 6.45) is 1.56. The number of ketones is 1. The Kier molecular flexibility index (Phi) is 9.64. The molecule has 0 saturated carbocycles. The lowest BCUT2D eigenvalue weighted by molar-refractivity contribution is -0.120. The molecule has 0 bridgehead atoms. The summed E-state index contributed by atoms with van der Waals surface area (Å²) in [5, 5.41) is 12.9. The van der Waals surface area contributed by atoms with Crippen molar-refractivity contribution in [3.8, 4) is 17.2 Å². The Balaban J connectivity index is 1.72. The summed E-state index contributed by atoms with van der Waals surface area (Å²) in [6.45, 7) is 3.21. The maximum Gasteiger partial charge on any atom is 0.339 e. The third-order valence-electron chi connectivity index (χ3n) is 5.73. The first-order valence-electron chi connectivity index (χ1n) is 11.6. The number of methoxy groups -OCH3 is 2. The Labute approximate surface area is 221 Å². The zero-order chi connectivity index (χ0) is 27.7. The van der Waals surface area contributed by atoms with Crippen LogP contribution in [0, 0.1) is 0 Å². The van der Waals surface area contributed by atoms with Crippen molar-refractivity contribution in [1.82, 2.24) is 5.32 Å². The number of amides is 1. The molecule has 0 unspecified atom stereocenters. The fourth-order valence-electron chi connectivity index (χ4n) is 3.77. The van der Waals surface area contributed by atoms with Gasteiger partial charge in [0.15, 0.2) is 17.3 Å². The van der Waals surface area contributed by atoms with Gasteiger partial charge in [-0.2, -0.15) is 8.42 Å². The van der Waals surface area contributed by atoms with Crippen molar-refractivity contribution in [1.29, 1.82) is 0 Å². The van der Waals surface area contributed by atoms with E-state index >= 15 is 0 Å². The van der Waals surface area contributed by atoms with Gasteiger partial charge in [0.1, 0.15) is 10.6 Å². The van der Waals surface area contributed by atoms with E-state index in [-0.39, 0.29) is 40.1 Å². The summed E-state index contributed by atoms with van der Waals surface area (Å²) in [6, 6.07) is 15.8. The molecular formula is C28H29NO8S. The summed E-state index contributed by atoms with van der Waals surface area (Å²) in [4.78, 5) is 24.5. The van der Waals surface area contributed by atoms with E-state index in [1.807, 2.05) is 0 Å². The Hall–Kier alpha value is -4.15. The van der Waals surface area contributed by atoms with E-state index in [9.17, 15) is 23.1 Å². The highest BCUT2D eigenvalue weighted by Gasteiger charge is 2.24. The van der Waals surface area contributed by atoms with Crippen molar-refractivity contribution < 1.29 is 36.8 Å². The van der Waals surface area contributed by atoms with Gasteiger partial charge in [-0.15, -0.1) is 0 Å². The predicted octanol–water partition coefficient (Wildman–Crippen LogP) is 3.23. The molecule has 0 aliphatic rings. The highest BCUT2D eigenvalue weighted by molar-refractivity contribution is 7.87. The normalized spacial score (nSPS) is 10.9. The van der Waals surface area contributed by atoms with Gasteiger partial charge >= 0.3 is 10.1 Å². The molecule has 2 N–H and O–H groups in total. The second kappa shape index (κ2) is 12.9. The average molecular weight is 540 g/mol.